The summed E-state index contributed by atoms with van der Waals surface area (Å²) in [5.41, 5.74) is 0.145. The highest BCUT2D eigenvalue weighted by molar-refractivity contribution is 5.34. The Balaban J connectivity index is 1.55. The van der Waals surface area contributed by atoms with E-state index in [1.807, 2.05) is 30.3 Å². The van der Waals surface area contributed by atoms with Crippen LogP contribution in [0.3, 0.4) is 0 Å². The fourth-order valence-electron chi connectivity index (χ4n) is 7.87. The average molecular weight is 383 g/mol. The van der Waals surface area contributed by atoms with E-state index >= 15 is 0 Å². The van der Waals surface area contributed by atoms with Gasteiger partial charge in [0.05, 0.1) is 17.3 Å². The van der Waals surface area contributed by atoms with Gasteiger partial charge in [-0.2, -0.15) is 0 Å². The van der Waals surface area contributed by atoms with E-state index in [0.717, 1.165) is 44.1 Å². The van der Waals surface area contributed by atoms with Gasteiger partial charge in [0.25, 0.3) is 0 Å². The molecule has 3 nitrogen and oxygen atoms in total. The Kier molecular flexibility index (Phi) is 3.99. The minimum Gasteiger partial charge on any atom is -0.389 e. The predicted octanol–water partition coefficient (Wildman–Crippen LogP) is 4.31. The van der Waals surface area contributed by atoms with Gasteiger partial charge in [-0.3, -0.25) is 0 Å². The lowest BCUT2D eigenvalue weighted by Crippen LogP contribution is -2.63. The number of aliphatic hydroxyl groups excluding tert-OH is 1. The zero-order valence-electron chi connectivity index (χ0n) is 17.2. The maximum atomic E-state index is 12.2. The van der Waals surface area contributed by atoms with Crippen molar-refractivity contribution in [1.29, 1.82) is 0 Å². The van der Waals surface area contributed by atoms with Crippen LogP contribution in [-0.2, 0) is 5.60 Å². The molecule has 4 aliphatic rings. The van der Waals surface area contributed by atoms with E-state index in [2.05, 4.69) is 19.9 Å². The number of allylic oxidation sites excluding steroid dienone is 1. The molecule has 5 rings (SSSR count). The molecule has 0 spiro atoms. The highest BCUT2D eigenvalue weighted by Crippen LogP contribution is 2.71. The van der Waals surface area contributed by atoms with Gasteiger partial charge in [0.2, 0.25) is 0 Å². The first kappa shape index (κ1) is 18.8. The summed E-state index contributed by atoms with van der Waals surface area (Å²) in [4.78, 5) is 0. The summed E-state index contributed by atoms with van der Waals surface area (Å²) in [5.74, 6) is 0.664. The molecule has 3 N–H and O–H groups in total. The first-order valence-corrected chi connectivity index (χ1v) is 11.1. The third-order valence-electron chi connectivity index (χ3n) is 9.67. The summed E-state index contributed by atoms with van der Waals surface area (Å²) >= 11 is 0. The minimum atomic E-state index is -0.965. The van der Waals surface area contributed by atoms with Crippen LogP contribution in [0.5, 0.6) is 0 Å². The van der Waals surface area contributed by atoms with Crippen LogP contribution in [0.4, 0.5) is 0 Å². The summed E-state index contributed by atoms with van der Waals surface area (Å²) in [6.07, 6.45) is 8.78. The van der Waals surface area contributed by atoms with Gasteiger partial charge in [0.1, 0.15) is 0 Å². The SMILES string of the molecule is C[C@]12CC[C@H]3[C@@H](CCC4=C[C@@H](O)CC[C@@]43C)[C@@]1(O)CC[C@]2(O)c1ccccc1. The summed E-state index contributed by atoms with van der Waals surface area (Å²) in [6, 6.07) is 10.0. The quantitative estimate of drug-likeness (QED) is 0.634. The first-order chi connectivity index (χ1) is 13.2. The first-order valence-electron chi connectivity index (χ1n) is 11.1. The van der Waals surface area contributed by atoms with Gasteiger partial charge in [-0.05, 0) is 74.2 Å². The summed E-state index contributed by atoms with van der Waals surface area (Å²) < 4.78 is 0. The van der Waals surface area contributed by atoms with Crippen molar-refractivity contribution in [3.05, 3.63) is 47.5 Å². The number of fused-ring (bicyclic) bond motifs is 5. The van der Waals surface area contributed by atoms with Crippen LogP contribution in [0.2, 0.25) is 0 Å². The van der Waals surface area contributed by atoms with Gasteiger partial charge < -0.3 is 15.3 Å². The number of benzene rings is 1. The zero-order chi connectivity index (χ0) is 19.8. The number of rotatable bonds is 1. The molecule has 0 aromatic heterocycles. The van der Waals surface area contributed by atoms with Gasteiger partial charge in [-0.15, -0.1) is 0 Å². The predicted molar refractivity (Wildman–Crippen MR) is 110 cm³/mol. The van der Waals surface area contributed by atoms with Crippen LogP contribution in [-0.4, -0.2) is 27.0 Å². The molecule has 152 valence electrons. The van der Waals surface area contributed by atoms with Gasteiger partial charge in [0, 0.05) is 5.41 Å². The van der Waals surface area contributed by atoms with Gasteiger partial charge in [0.15, 0.2) is 0 Å². The van der Waals surface area contributed by atoms with Crippen LogP contribution in [0.1, 0.15) is 70.8 Å². The van der Waals surface area contributed by atoms with E-state index < -0.39 is 16.6 Å². The highest BCUT2D eigenvalue weighted by Gasteiger charge is 2.71. The van der Waals surface area contributed by atoms with E-state index in [1.54, 1.807) is 0 Å². The van der Waals surface area contributed by atoms with Gasteiger partial charge >= 0.3 is 0 Å². The van der Waals surface area contributed by atoms with Crippen molar-refractivity contribution in [2.45, 2.75) is 82.5 Å². The Hall–Kier alpha value is -1.16. The summed E-state index contributed by atoms with van der Waals surface area (Å²) in [5, 5.41) is 34.2. The van der Waals surface area contributed by atoms with E-state index in [1.165, 1.54) is 5.57 Å². The normalized spacial score (nSPS) is 50.3. The second-order valence-electron chi connectivity index (χ2n) is 10.5. The molecule has 3 saturated carbocycles. The average Bonchev–Trinajstić information content (AvgIpc) is 2.91. The van der Waals surface area contributed by atoms with Crippen LogP contribution in [0.25, 0.3) is 0 Å². The Morgan fingerprint density at radius 1 is 0.857 bits per heavy atom. The fourth-order valence-corrected chi connectivity index (χ4v) is 7.87. The molecule has 3 fully saturated rings. The molecule has 0 saturated heterocycles. The van der Waals surface area contributed by atoms with Crippen molar-refractivity contribution in [3.8, 4) is 0 Å². The molecular weight excluding hydrogens is 348 g/mol. The monoisotopic (exact) mass is 382 g/mol. The Labute approximate surface area is 168 Å². The van der Waals surface area contributed by atoms with E-state index in [0.29, 0.717) is 18.8 Å². The number of aliphatic hydroxyl groups is 3. The van der Waals surface area contributed by atoms with Crippen LogP contribution in [0, 0.1) is 22.7 Å². The molecule has 7 atom stereocenters. The summed E-state index contributed by atoms with van der Waals surface area (Å²) in [7, 11) is 0. The maximum Gasteiger partial charge on any atom is 0.0978 e. The molecule has 0 amide bonds. The smallest absolute Gasteiger partial charge is 0.0978 e. The van der Waals surface area contributed by atoms with Crippen LogP contribution in [0.15, 0.2) is 42.0 Å². The van der Waals surface area contributed by atoms with Crippen molar-refractivity contribution in [2.75, 3.05) is 0 Å². The zero-order valence-corrected chi connectivity index (χ0v) is 17.2. The second kappa shape index (κ2) is 5.93. The second-order valence-corrected chi connectivity index (χ2v) is 10.5. The van der Waals surface area contributed by atoms with Crippen molar-refractivity contribution >= 4 is 0 Å². The molecule has 3 heteroatoms. The standard InChI is InChI=1S/C25H34O3/c1-22-12-10-19(26)16-18(22)8-9-21-20(22)11-13-23(2)24(27,14-15-25(21,23)28)17-6-4-3-5-7-17/h3-7,16,19-21,26-28H,8-15H2,1-2H3/t19-,20-,21+,22-,23+,24-,25-/m0/s1. The molecule has 0 unspecified atom stereocenters. The Morgan fingerprint density at radius 3 is 2.36 bits per heavy atom. The lowest BCUT2D eigenvalue weighted by Gasteiger charge is -2.62. The molecule has 0 heterocycles. The van der Waals surface area contributed by atoms with Crippen LogP contribution >= 0.6 is 0 Å². The van der Waals surface area contributed by atoms with Gasteiger partial charge in [-0.1, -0.05) is 55.8 Å². The molecule has 0 radical (unpaired) electrons. The fraction of sp³-hybridized carbons (Fsp3) is 0.680. The third-order valence-corrected chi connectivity index (χ3v) is 9.67. The molecule has 28 heavy (non-hydrogen) atoms. The van der Waals surface area contributed by atoms with Crippen LogP contribution < -0.4 is 0 Å². The van der Waals surface area contributed by atoms with Crippen molar-refractivity contribution < 1.29 is 15.3 Å². The highest BCUT2D eigenvalue weighted by atomic mass is 16.3. The molecular formula is C25H34O3. The van der Waals surface area contributed by atoms with Crippen molar-refractivity contribution in [2.24, 2.45) is 22.7 Å². The lowest BCUT2D eigenvalue weighted by molar-refractivity contribution is -0.221. The maximum absolute atomic E-state index is 12.2. The topological polar surface area (TPSA) is 60.7 Å². The van der Waals surface area contributed by atoms with Crippen molar-refractivity contribution in [3.63, 3.8) is 0 Å². The molecule has 1 aromatic carbocycles. The number of hydrogen-bond donors (Lipinski definition) is 3. The minimum absolute atomic E-state index is 0.0899. The molecule has 1 aromatic rings. The molecule has 0 aliphatic heterocycles. The third kappa shape index (κ3) is 2.16. The van der Waals surface area contributed by atoms with E-state index in [4.69, 9.17) is 0 Å². The Morgan fingerprint density at radius 2 is 1.61 bits per heavy atom. The van der Waals surface area contributed by atoms with E-state index in [-0.39, 0.29) is 17.4 Å². The van der Waals surface area contributed by atoms with Crippen molar-refractivity contribution in [1.82, 2.24) is 0 Å². The molecule has 4 aliphatic carbocycles. The summed E-state index contributed by atoms with van der Waals surface area (Å²) in [6.45, 7) is 4.51. The van der Waals surface area contributed by atoms with E-state index in [9.17, 15) is 15.3 Å². The Bertz CT molecular complexity index is 803. The van der Waals surface area contributed by atoms with Gasteiger partial charge in [-0.25, -0.2) is 0 Å². The molecule has 0 bridgehead atoms. The number of hydrogen-bond acceptors (Lipinski definition) is 3. The lowest BCUT2D eigenvalue weighted by atomic mass is 9.44. The largest absolute Gasteiger partial charge is 0.389 e.